The van der Waals surface area contributed by atoms with E-state index in [0.29, 0.717) is 6.04 Å². The summed E-state index contributed by atoms with van der Waals surface area (Å²) in [7, 11) is 3.30. The summed E-state index contributed by atoms with van der Waals surface area (Å²) in [4.78, 5) is 1.18. The first-order valence-electron chi connectivity index (χ1n) is 5.99. The van der Waals surface area contributed by atoms with Crippen LogP contribution in [0.25, 0.3) is 0 Å². The molecule has 1 aromatic carbocycles. The number of hydrogen-bond donors (Lipinski definition) is 1. The first kappa shape index (κ1) is 13.5. The standard InChI is InChI=1S/C13H19NO3S/c1-15-12-4-3-11(7-13(12)16-2)18-9-10-8-17-6-5-14-10/h3-4,7,10,14H,5-6,8-9H2,1-2H3. The third-order valence-electron chi connectivity index (χ3n) is 2.80. The Labute approximate surface area is 112 Å². The summed E-state index contributed by atoms with van der Waals surface area (Å²) >= 11 is 1.80. The molecule has 1 fully saturated rings. The number of methoxy groups -OCH3 is 2. The van der Waals surface area contributed by atoms with E-state index in [9.17, 15) is 0 Å². The zero-order chi connectivity index (χ0) is 12.8. The van der Waals surface area contributed by atoms with E-state index in [0.717, 1.165) is 37.0 Å². The molecule has 1 atom stereocenters. The van der Waals surface area contributed by atoms with Crippen LogP contribution in [0.5, 0.6) is 11.5 Å². The minimum atomic E-state index is 0.428. The van der Waals surface area contributed by atoms with Gasteiger partial charge in [0, 0.05) is 23.2 Å². The molecule has 1 N–H and O–H groups in total. The summed E-state index contributed by atoms with van der Waals surface area (Å²) < 4.78 is 15.9. The molecule has 0 bridgehead atoms. The van der Waals surface area contributed by atoms with Crippen molar-refractivity contribution < 1.29 is 14.2 Å². The monoisotopic (exact) mass is 269 g/mol. The van der Waals surface area contributed by atoms with Gasteiger partial charge in [-0.1, -0.05) is 0 Å². The van der Waals surface area contributed by atoms with Crippen molar-refractivity contribution in [1.29, 1.82) is 0 Å². The number of rotatable bonds is 5. The summed E-state index contributed by atoms with van der Waals surface area (Å²) in [6.45, 7) is 2.55. The number of nitrogens with one attached hydrogen (secondary N) is 1. The molecular formula is C13H19NO3S. The van der Waals surface area contributed by atoms with E-state index in [1.807, 2.05) is 12.1 Å². The van der Waals surface area contributed by atoms with Crippen molar-refractivity contribution in [3.63, 3.8) is 0 Å². The highest BCUT2D eigenvalue weighted by molar-refractivity contribution is 7.99. The van der Waals surface area contributed by atoms with E-state index in [1.165, 1.54) is 4.90 Å². The highest BCUT2D eigenvalue weighted by Gasteiger charge is 2.13. The van der Waals surface area contributed by atoms with E-state index >= 15 is 0 Å². The second-order valence-electron chi connectivity index (χ2n) is 4.05. The predicted octanol–water partition coefficient (Wildman–Crippen LogP) is 1.78. The van der Waals surface area contributed by atoms with Crippen molar-refractivity contribution in [2.45, 2.75) is 10.9 Å². The molecule has 0 aromatic heterocycles. The third-order valence-corrected chi connectivity index (χ3v) is 3.96. The summed E-state index contributed by atoms with van der Waals surface area (Å²) in [5.41, 5.74) is 0. The van der Waals surface area contributed by atoms with Gasteiger partial charge >= 0.3 is 0 Å². The zero-order valence-corrected chi connectivity index (χ0v) is 11.6. The lowest BCUT2D eigenvalue weighted by atomic mass is 10.3. The second-order valence-corrected chi connectivity index (χ2v) is 5.15. The molecule has 1 unspecified atom stereocenters. The van der Waals surface area contributed by atoms with E-state index in [2.05, 4.69) is 11.4 Å². The van der Waals surface area contributed by atoms with E-state index < -0.39 is 0 Å². The molecule has 0 aliphatic carbocycles. The fraction of sp³-hybridized carbons (Fsp3) is 0.538. The Kier molecular flexibility index (Phi) is 5.16. The van der Waals surface area contributed by atoms with Gasteiger partial charge in [-0.2, -0.15) is 0 Å². The minimum Gasteiger partial charge on any atom is -0.493 e. The van der Waals surface area contributed by atoms with E-state index in [-0.39, 0.29) is 0 Å². The van der Waals surface area contributed by atoms with Crippen molar-refractivity contribution in [3.8, 4) is 11.5 Å². The maximum absolute atomic E-state index is 5.43. The van der Waals surface area contributed by atoms with Gasteiger partial charge in [0.2, 0.25) is 0 Å². The van der Waals surface area contributed by atoms with Crippen LogP contribution in [-0.4, -0.2) is 45.8 Å². The smallest absolute Gasteiger partial charge is 0.161 e. The highest BCUT2D eigenvalue weighted by atomic mass is 32.2. The first-order valence-corrected chi connectivity index (χ1v) is 6.98. The first-order chi connectivity index (χ1) is 8.83. The van der Waals surface area contributed by atoms with Crippen LogP contribution in [0, 0.1) is 0 Å². The molecule has 1 aliphatic rings. The highest BCUT2D eigenvalue weighted by Crippen LogP contribution is 2.32. The lowest BCUT2D eigenvalue weighted by Gasteiger charge is -2.23. The maximum atomic E-state index is 5.43. The SMILES string of the molecule is COc1ccc(SCC2COCCN2)cc1OC. The van der Waals surface area contributed by atoms with Crippen LogP contribution in [-0.2, 0) is 4.74 Å². The van der Waals surface area contributed by atoms with Gasteiger partial charge in [-0.25, -0.2) is 0 Å². The van der Waals surface area contributed by atoms with Crippen molar-refractivity contribution >= 4 is 11.8 Å². The Bertz CT molecular complexity index is 380. The van der Waals surface area contributed by atoms with Gasteiger partial charge in [0.1, 0.15) is 0 Å². The Morgan fingerprint density at radius 2 is 2.17 bits per heavy atom. The molecule has 1 aromatic rings. The van der Waals surface area contributed by atoms with Crippen LogP contribution in [0.1, 0.15) is 0 Å². The molecule has 1 heterocycles. The van der Waals surface area contributed by atoms with Crippen LogP contribution in [0.3, 0.4) is 0 Å². The summed E-state index contributed by atoms with van der Waals surface area (Å²) in [6.07, 6.45) is 0. The second kappa shape index (κ2) is 6.87. The van der Waals surface area contributed by atoms with Crippen molar-refractivity contribution in [2.75, 3.05) is 39.7 Å². The van der Waals surface area contributed by atoms with Crippen molar-refractivity contribution in [1.82, 2.24) is 5.32 Å². The van der Waals surface area contributed by atoms with Crippen LogP contribution >= 0.6 is 11.8 Å². The van der Waals surface area contributed by atoms with Crippen LogP contribution < -0.4 is 14.8 Å². The molecule has 100 valence electrons. The van der Waals surface area contributed by atoms with Gasteiger partial charge < -0.3 is 19.5 Å². The zero-order valence-electron chi connectivity index (χ0n) is 10.8. The van der Waals surface area contributed by atoms with Gasteiger partial charge in [-0.15, -0.1) is 11.8 Å². The molecule has 0 spiro atoms. The lowest BCUT2D eigenvalue weighted by Crippen LogP contribution is -2.42. The average molecular weight is 269 g/mol. The van der Waals surface area contributed by atoms with E-state index in [1.54, 1.807) is 26.0 Å². The minimum absolute atomic E-state index is 0.428. The van der Waals surface area contributed by atoms with E-state index in [4.69, 9.17) is 14.2 Å². The van der Waals surface area contributed by atoms with Gasteiger partial charge in [0.25, 0.3) is 0 Å². The molecule has 18 heavy (non-hydrogen) atoms. The largest absolute Gasteiger partial charge is 0.493 e. The lowest BCUT2D eigenvalue weighted by molar-refractivity contribution is 0.0837. The average Bonchev–Trinajstić information content (AvgIpc) is 2.45. The number of benzene rings is 1. The normalized spacial score (nSPS) is 19.6. The van der Waals surface area contributed by atoms with Crippen LogP contribution in [0.15, 0.2) is 23.1 Å². The maximum Gasteiger partial charge on any atom is 0.161 e. The molecule has 0 saturated carbocycles. The quantitative estimate of drug-likeness (QED) is 0.825. The summed E-state index contributed by atoms with van der Waals surface area (Å²) in [6, 6.07) is 6.42. The van der Waals surface area contributed by atoms with Crippen molar-refractivity contribution in [3.05, 3.63) is 18.2 Å². The van der Waals surface area contributed by atoms with Gasteiger partial charge in [-0.05, 0) is 18.2 Å². The van der Waals surface area contributed by atoms with Gasteiger partial charge in [0.15, 0.2) is 11.5 Å². The number of thioether (sulfide) groups is 1. The molecule has 1 aliphatic heterocycles. The molecule has 5 heteroatoms. The summed E-state index contributed by atoms with van der Waals surface area (Å²) in [5, 5.41) is 3.44. The molecule has 0 amide bonds. The topological polar surface area (TPSA) is 39.7 Å². The Balaban J connectivity index is 1.92. The van der Waals surface area contributed by atoms with Crippen LogP contribution in [0.2, 0.25) is 0 Å². The molecule has 1 saturated heterocycles. The molecule has 4 nitrogen and oxygen atoms in total. The molecule has 2 rings (SSSR count). The Morgan fingerprint density at radius 1 is 1.33 bits per heavy atom. The summed E-state index contributed by atoms with van der Waals surface area (Å²) in [5.74, 6) is 2.53. The van der Waals surface area contributed by atoms with Crippen LogP contribution in [0.4, 0.5) is 0 Å². The van der Waals surface area contributed by atoms with Crippen molar-refractivity contribution in [2.24, 2.45) is 0 Å². The number of ether oxygens (including phenoxy) is 3. The number of morpholine rings is 1. The van der Waals surface area contributed by atoms with Gasteiger partial charge in [-0.3, -0.25) is 0 Å². The Morgan fingerprint density at radius 3 is 2.83 bits per heavy atom. The third kappa shape index (κ3) is 3.54. The van der Waals surface area contributed by atoms with Gasteiger partial charge in [0.05, 0.1) is 27.4 Å². The fourth-order valence-corrected chi connectivity index (χ4v) is 2.79. The number of hydrogen-bond acceptors (Lipinski definition) is 5. The molecule has 0 radical (unpaired) electrons. The Hall–Kier alpha value is -0.910. The fourth-order valence-electron chi connectivity index (χ4n) is 1.83. The molecular weight excluding hydrogens is 250 g/mol. The predicted molar refractivity (Wildman–Crippen MR) is 72.9 cm³/mol.